The van der Waals surface area contributed by atoms with Gasteiger partial charge in [0.05, 0.1) is 16.3 Å². The summed E-state index contributed by atoms with van der Waals surface area (Å²) in [6.07, 6.45) is 0.807. The van der Waals surface area contributed by atoms with Crippen LogP contribution in [0.1, 0.15) is 13.3 Å². The van der Waals surface area contributed by atoms with Crippen molar-refractivity contribution in [1.82, 2.24) is 4.98 Å². The number of halogens is 1. The van der Waals surface area contributed by atoms with E-state index >= 15 is 0 Å². The molecule has 7 nitrogen and oxygen atoms in total. The van der Waals surface area contributed by atoms with Gasteiger partial charge < -0.3 is 9.64 Å². The van der Waals surface area contributed by atoms with E-state index in [0.29, 0.717) is 23.7 Å². The fraction of sp³-hybridized carbons (Fsp3) is 0.200. The Balaban J connectivity index is 1.60. The number of carbonyl (C=O) groups excluding carboxylic acids is 1. The second-order valence-corrected chi connectivity index (χ2v) is 9.15. The minimum absolute atomic E-state index is 0.0123. The predicted molar refractivity (Wildman–Crippen MR) is 113 cm³/mol. The third-order valence-corrected chi connectivity index (χ3v) is 6.74. The van der Waals surface area contributed by atoms with Gasteiger partial charge >= 0.3 is 0 Å². The Morgan fingerprint density at radius 1 is 1.23 bits per heavy atom. The largest absolute Gasteiger partial charge is 0.482 e. The van der Waals surface area contributed by atoms with Gasteiger partial charge in [0, 0.05) is 17.5 Å². The van der Waals surface area contributed by atoms with Gasteiger partial charge in [0.15, 0.2) is 11.7 Å². The van der Waals surface area contributed by atoms with E-state index in [-0.39, 0.29) is 22.5 Å². The maximum absolute atomic E-state index is 13.1. The first-order chi connectivity index (χ1) is 14.4. The molecule has 0 unspecified atom stereocenters. The lowest BCUT2D eigenvalue weighted by Crippen LogP contribution is -2.39. The average Bonchev–Trinajstić information content (AvgIpc) is 3.18. The van der Waals surface area contributed by atoms with Crippen molar-refractivity contribution < 1.29 is 22.3 Å². The molecule has 0 spiro atoms. The van der Waals surface area contributed by atoms with Crippen LogP contribution < -0.4 is 14.4 Å². The number of benzene rings is 2. The maximum atomic E-state index is 13.1. The summed E-state index contributed by atoms with van der Waals surface area (Å²) < 4.78 is 45.9. The molecule has 0 radical (unpaired) electrons. The number of ether oxygens (including phenoxy) is 1. The number of fused-ring (bicyclic) bond motifs is 1. The van der Waals surface area contributed by atoms with Crippen LogP contribution in [-0.4, -0.2) is 32.5 Å². The molecular weight excluding hydrogens is 429 g/mol. The molecule has 0 aliphatic carbocycles. The number of nitrogens with one attached hydrogen (secondary N) is 1. The van der Waals surface area contributed by atoms with Crippen LogP contribution in [0.2, 0.25) is 0 Å². The SMILES string of the molecule is CCCN1C(=O)COc2ccc(-c3csc(NS(=O)(=O)c4ccc(F)cc4)n3)cc21. The zero-order valence-corrected chi connectivity index (χ0v) is 17.6. The Labute approximate surface area is 177 Å². The number of rotatable bonds is 6. The Morgan fingerprint density at radius 3 is 2.73 bits per heavy atom. The normalized spacial score (nSPS) is 13.7. The van der Waals surface area contributed by atoms with Crippen LogP contribution in [0.4, 0.5) is 15.2 Å². The van der Waals surface area contributed by atoms with Gasteiger partial charge in [-0.3, -0.25) is 9.52 Å². The highest BCUT2D eigenvalue weighted by Crippen LogP contribution is 2.37. The van der Waals surface area contributed by atoms with Crippen molar-refractivity contribution in [2.75, 3.05) is 22.8 Å². The molecule has 30 heavy (non-hydrogen) atoms. The first-order valence-corrected chi connectivity index (χ1v) is 11.5. The lowest BCUT2D eigenvalue weighted by Gasteiger charge is -2.29. The van der Waals surface area contributed by atoms with Crippen molar-refractivity contribution in [3.63, 3.8) is 0 Å². The molecule has 10 heteroatoms. The average molecular weight is 448 g/mol. The highest BCUT2D eigenvalue weighted by Gasteiger charge is 2.25. The van der Waals surface area contributed by atoms with Gasteiger partial charge in [-0.05, 0) is 48.9 Å². The van der Waals surface area contributed by atoms with E-state index < -0.39 is 15.8 Å². The van der Waals surface area contributed by atoms with Crippen LogP contribution >= 0.6 is 11.3 Å². The number of aromatic nitrogens is 1. The van der Waals surface area contributed by atoms with Crippen LogP contribution in [0.5, 0.6) is 5.75 Å². The molecule has 0 saturated carbocycles. The molecule has 0 atom stereocenters. The fourth-order valence-corrected chi connectivity index (χ4v) is 5.04. The molecule has 2 aromatic carbocycles. The number of amides is 1. The quantitative estimate of drug-likeness (QED) is 0.619. The number of carbonyl (C=O) groups is 1. The molecule has 0 bridgehead atoms. The lowest BCUT2D eigenvalue weighted by atomic mass is 10.1. The predicted octanol–water partition coefficient (Wildman–Crippen LogP) is 3.89. The van der Waals surface area contributed by atoms with Crippen LogP contribution in [0, 0.1) is 5.82 Å². The monoisotopic (exact) mass is 447 g/mol. The van der Waals surface area contributed by atoms with E-state index in [1.807, 2.05) is 19.1 Å². The third-order valence-electron chi connectivity index (χ3n) is 4.49. The highest BCUT2D eigenvalue weighted by atomic mass is 32.2. The van der Waals surface area contributed by atoms with Crippen molar-refractivity contribution in [3.05, 3.63) is 53.7 Å². The van der Waals surface area contributed by atoms with Gasteiger partial charge in [-0.25, -0.2) is 17.8 Å². The minimum Gasteiger partial charge on any atom is -0.482 e. The molecule has 2 heterocycles. The third kappa shape index (κ3) is 4.01. The second kappa shape index (κ2) is 8.04. The van der Waals surface area contributed by atoms with Crippen LogP contribution in [0.3, 0.4) is 0 Å². The van der Waals surface area contributed by atoms with E-state index in [9.17, 15) is 17.6 Å². The van der Waals surface area contributed by atoms with Crippen molar-refractivity contribution in [1.29, 1.82) is 0 Å². The molecule has 0 saturated heterocycles. The van der Waals surface area contributed by atoms with Crippen molar-refractivity contribution in [2.24, 2.45) is 0 Å². The van der Waals surface area contributed by atoms with Gasteiger partial charge in [-0.15, -0.1) is 11.3 Å². The minimum atomic E-state index is -3.88. The number of thiazole rings is 1. The molecular formula is C20H18FN3O4S2. The molecule has 1 aliphatic heterocycles. The lowest BCUT2D eigenvalue weighted by molar-refractivity contribution is -0.121. The summed E-state index contributed by atoms with van der Waals surface area (Å²) in [4.78, 5) is 18.2. The molecule has 1 amide bonds. The molecule has 156 valence electrons. The summed E-state index contributed by atoms with van der Waals surface area (Å²) >= 11 is 1.13. The molecule has 0 fully saturated rings. The topological polar surface area (TPSA) is 88.6 Å². The van der Waals surface area contributed by atoms with Crippen LogP contribution in [0.25, 0.3) is 11.3 Å². The number of anilines is 2. The molecule has 3 aromatic rings. The Bertz CT molecular complexity index is 1190. The molecule has 1 aliphatic rings. The summed E-state index contributed by atoms with van der Waals surface area (Å²) in [5, 5.41) is 1.91. The second-order valence-electron chi connectivity index (χ2n) is 6.61. The summed E-state index contributed by atoms with van der Waals surface area (Å²) in [7, 11) is -3.88. The first-order valence-electron chi connectivity index (χ1n) is 9.19. The van der Waals surface area contributed by atoms with Crippen molar-refractivity contribution in [3.8, 4) is 17.0 Å². The summed E-state index contributed by atoms with van der Waals surface area (Å²) in [6, 6.07) is 9.95. The van der Waals surface area contributed by atoms with E-state index in [1.54, 1.807) is 16.3 Å². The van der Waals surface area contributed by atoms with E-state index in [4.69, 9.17) is 4.74 Å². The molecule has 1 aromatic heterocycles. The number of sulfonamides is 1. The fourth-order valence-electron chi connectivity index (χ4n) is 3.07. The Hall–Kier alpha value is -2.98. The summed E-state index contributed by atoms with van der Waals surface area (Å²) in [5.74, 6) is 0.00395. The standard InChI is InChI=1S/C20H18FN3O4S2/c1-2-9-24-17-10-13(3-8-18(17)28-11-19(24)25)16-12-29-20(22-16)23-30(26,27)15-6-4-14(21)5-7-15/h3-8,10,12H,2,9,11H2,1H3,(H,22,23). The van der Waals surface area contributed by atoms with E-state index in [1.165, 1.54) is 12.1 Å². The molecule has 1 N–H and O–H groups in total. The first kappa shape index (κ1) is 20.3. The van der Waals surface area contributed by atoms with Crippen LogP contribution in [-0.2, 0) is 14.8 Å². The maximum Gasteiger partial charge on any atom is 0.265 e. The zero-order chi connectivity index (χ0) is 21.3. The highest BCUT2D eigenvalue weighted by molar-refractivity contribution is 7.93. The number of hydrogen-bond donors (Lipinski definition) is 1. The van der Waals surface area contributed by atoms with Gasteiger partial charge in [0.1, 0.15) is 11.6 Å². The Kier molecular flexibility index (Phi) is 5.44. The van der Waals surface area contributed by atoms with E-state index in [2.05, 4.69) is 9.71 Å². The Morgan fingerprint density at radius 2 is 2.00 bits per heavy atom. The summed E-state index contributed by atoms with van der Waals surface area (Å²) in [6.45, 7) is 2.59. The van der Waals surface area contributed by atoms with Gasteiger partial charge in [-0.1, -0.05) is 6.92 Å². The van der Waals surface area contributed by atoms with E-state index in [0.717, 1.165) is 35.5 Å². The van der Waals surface area contributed by atoms with Crippen molar-refractivity contribution in [2.45, 2.75) is 18.2 Å². The van der Waals surface area contributed by atoms with Gasteiger partial charge in [0.25, 0.3) is 15.9 Å². The molecule has 4 rings (SSSR count). The summed E-state index contributed by atoms with van der Waals surface area (Å²) in [5.41, 5.74) is 1.97. The van der Waals surface area contributed by atoms with Gasteiger partial charge in [-0.2, -0.15) is 0 Å². The zero-order valence-electron chi connectivity index (χ0n) is 16.0. The number of nitrogens with zero attached hydrogens (tertiary/aromatic N) is 2. The smallest absolute Gasteiger partial charge is 0.265 e. The van der Waals surface area contributed by atoms with Crippen molar-refractivity contribution >= 4 is 38.1 Å². The van der Waals surface area contributed by atoms with Crippen LogP contribution in [0.15, 0.2) is 52.7 Å². The number of hydrogen-bond acceptors (Lipinski definition) is 6. The van der Waals surface area contributed by atoms with Gasteiger partial charge in [0.2, 0.25) is 0 Å².